The first-order chi connectivity index (χ1) is 14.8. The smallest absolute Gasteiger partial charge is 0.0831 e. The Labute approximate surface area is 181 Å². The van der Waals surface area contributed by atoms with Crippen molar-refractivity contribution >= 4 is 0 Å². The van der Waals surface area contributed by atoms with Crippen LogP contribution < -0.4 is 0 Å². The molecule has 1 aliphatic rings. The van der Waals surface area contributed by atoms with Crippen molar-refractivity contribution < 1.29 is 0 Å². The summed E-state index contributed by atoms with van der Waals surface area (Å²) < 4.78 is 1.94. The Kier molecular flexibility index (Phi) is 7.34. The van der Waals surface area contributed by atoms with Crippen molar-refractivity contribution in [3.8, 4) is 16.8 Å². The number of unbranched alkanes of at least 4 members (excludes halogenated alkanes) is 9. The highest BCUT2D eigenvalue weighted by molar-refractivity contribution is 5.77. The SMILES string of the molecule is CCCCCCCCCCCCc1cn(-c2ccc3c(c2)Cc2ccccc2-3)nn1. The summed E-state index contributed by atoms with van der Waals surface area (Å²) in [6, 6.07) is 15.4. The Morgan fingerprint density at radius 1 is 0.767 bits per heavy atom. The summed E-state index contributed by atoms with van der Waals surface area (Å²) in [4.78, 5) is 0. The van der Waals surface area contributed by atoms with Crippen LogP contribution in [0.1, 0.15) is 88.0 Å². The summed E-state index contributed by atoms with van der Waals surface area (Å²) >= 11 is 0. The first-order valence-corrected chi connectivity index (χ1v) is 12.0. The molecule has 3 aromatic rings. The van der Waals surface area contributed by atoms with Crippen LogP contribution in [0.5, 0.6) is 0 Å². The summed E-state index contributed by atoms with van der Waals surface area (Å²) in [7, 11) is 0. The number of aryl methyl sites for hydroxylation is 1. The Morgan fingerprint density at radius 2 is 1.47 bits per heavy atom. The van der Waals surface area contributed by atoms with E-state index in [1.807, 2.05) is 4.68 Å². The summed E-state index contributed by atoms with van der Waals surface area (Å²) in [6.45, 7) is 2.28. The van der Waals surface area contributed by atoms with Crippen molar-refractivity contribution in [1.29, 1.82) is 0 Å². The Hall–Kier alpha value is -2.42. The average molecular weight is 402 g/mol. The molecule has 1 aliphatic carbocycles. The molecule has 30 heavy (non-hydrogen) atoms. The van der Waals surface area contributed by atoms with Crippen LogP contribution in [0.3, 0.4) is 0 Å². The number of fused-ring (bicyclic) bond motifs is 3. The molecule has 0 fully saturated rings. The molecule has 0 amide bonds. The second kappa shape index (κ2) is 10.6. The van der Waals surface area contributed by atoms with Gasteiger partial charge in [0.15, 0.2) is 0 Å². The Morgan fingerprint density at radius 3 is 2.27 bits per heavy atom. The molecule has 4 rings (SSSR count). The highest BCUT2D eigenvalue weighted by Gasteiger charge is 2.18. The molecule has 0 aliphatic heterocycles. The summed E-state index contributed by atoms with van der Waals surface area (Å²) in [5.74, 6) is 0. The summed E-state index contributed by atoms with van der Waals surface area (Å²) in [6.07, 6.45) is 17.8. The van der Waals surface area contributed by atoms with E-state index >= 15 is 0 Å². The van der Waals surface area contributed by atoms with Crippen LogP contribution in [-0.2, 0) is 12.8 Å². The normalized spacial score (nSPS) is 12.2. The lowest BCUT2D eigenvalue weighted by atomic mass is 10.1. The topological polar surface area (TPSA) is 30.7 Å². The average Bonchev–Trinajstić information content (AvgIpc) is 3.39. The van der Waals surface area contributed by atoms with Gasteiger partial charge in [0, 0.05) is 0 Å². The van der Waals surface area contributed by atoms with E-state index in [0.29, 0.717) is 0 Å². The third-order valence-corrected chi connectivity index (χ3v) is 6.37. The van der Waals surface area contributed by atoms with Crippen molar-refractivity contribution in [2.45, 2.75) is 84.0 Å². The molecule has 2 aromatic carbocycles. The Balaban J connectivity index is 1.21. The highest BCUT2D eigenvalue weighted by Crippen LogP contribution is 2.37. The maximum absolute atomic E-state index is 4.41. The fraction of sp³-hybridized carbons (Fsp3) is 0.481. The monoisotopic (exact) mass is 401 g/mol. The zero-order chi connectivity index (χ0) is 20.6. The van der Waals surface area contributed by atoms with Gasteiger partial charge in [-0.2, -0.15) is 0 Å². The third-order valence-electron chi connectivity index (χ3n) is 6.37. The van der Waals surface area contributed by atoms with Crippen molar-refractivity contribution in [2.24, 2.45) is 0 Å². The van der Waals surface area contributed by atoms with Crippen molar-refractivity contribution in [3.63, 3.8) is 0 Å². The number of aromatic nitrogens is 3. The predicted molar refractivity (Wildman–Crippen MR) is 125 cm³/mol. The number of rotatable bonds is 12. The molecule has 0 unspecified atom stereocenters. The van der Waals surface area contributed by atoms with Crippen LogP contribution >= 0.6 is 0 Å². The van der Waals surface area contributed by atoms with Crippen LogP contribution in [-0.4, -0.2) is 15.0 Å². The molecule has 0 atom stereocenters. The van der Waals surface area contributed by atoms with Gasteiger partial charge in [-0.15, -0.1) is 5.10 Å². The van der Waals surface area contributed by atoms with Crippen LogP contribution in [0.2, 0.25) is 0 Å². The Bertz CT molecular complexity index is 941. The number of hydrogen-bond acceptors (Lipinski definition) is 2. The summed E-state index contributed by atoms with van der Waals surface area (Å²) in [5.41, 5.74) is 7.77. The lowest BCUT2D eigenvalue weighted by Gasteiger charge is -2.04. The van der Waals surface area contributed by atoms with E-state index in [1.54, 1.807) is 0 Å². The van der Waals surface area contributed by atoms with Gasteiger partial charge in [0.25, 0.3) is 0 Å². The molecule has 158 valence electrons. The molecule has 0 saturated heterocycles. The second-order valence-electron chi connectivity index (χ2n) is 8.76. The van der Waals surface area contributed by atoms with Crippen molar-refractivity contribution in [1.82, 2.24) is 15.0 Å². The van der Waals surface area contributed by atoms with Crippen LogP contribution in [0.15, 0.2) is 48.7 Å². The van der Waals surface area contributed by atoms with Crippen LogP contribution in [0, 0.1) is 0 Å². The minimum atomic E-state index is 1.01. The number of benzene rings is 2. The van der Waals surface area contributed by atoms with E-state index in [1.165, 1.54) is 86.5 Å². The van der Waals surface area contributed by atoms with Gasteiger partial charge in [-0.3, -0.25) is 0 Å². The fourth-order valence-electron chi connectivity index (χ4n) is 4.61. The quantitative estimate of drug-likeness (QED) is 0.233. The lowest BCUT2D eigenvalue weighted by molar-refractivity contribution is 0.555. The first-order valence-electron chi connectivity index (χ1n) is 12.0. The molecule has 0 radical (unpaired) electrons. The highest BCUT2D eigenvalue weighted by atomic mass is 15.4. The molecular weight excluding hydrogens is 366 g/mol. The largest absolute Gasteiger partial charge is 0.220 e. The molecule has 0 spiro atoms. The number of hydrogen-bond donors (Lipinski definition) is 0. The van der Waals surface area contributed by atoms with Gasteiger partial charge in [0.05, 0.1) is 17.6 Å². The van der Waals surface area contributed by atoms with Crippen molar-refractivity contribution in [2.75, 3.05) is 0 Å². The van der Waals surface area contributed by atoms with Gasteiger partial charge in [0.2, 0.25) is 0 Å². The molecule has 0 saturated carbocycles. The fourth-order valence-corrected chi connectivity index (χ4v) is 4.61. The van der Waals surface area contributed by atoms with Gasteiger partial charge in [0.1, 0.15) is 0 Å². The second-order valence-corrected chi connectivity index (χ2v) is 8.76. The zero-order valence-corrected chi connectivity index (χ0v) is 18.4. The van der Waals surface area contributed by atoms with E-state index in [2.05, 4.69) is 65.9 Å². The summed E-state index contributed by atoms with van der Waals surface area (Å²) in [5, 5.41) is 8.81. The standard InChI is InChI=1S/C27H35N3/c1-2-3-4-5-6-7-8-9-10-11-15-24-21-30(29-28-24)25-17-18-27-23(20-25)19-22-14-12-13-16-26(22)27/h12-14,16-18,20-21H,2-11,15,19H2,1H3. The first kappa shape index (κ1) is 20.8. The predicted octanol–water partition coefficient (Wildman–Crippen LogP) is 7.30. The molecule has 3 heteroatoms. The van der Waals surface area contributed by atoms with E-state index in [0.717, 1.165) is 24.2 Å². The zero-order valence-electron chi connectivity index (χ0n) is 18.4. The molecule has 0 bridgehead atoms. The van der Waals surface area contributed by atoms with E-state index in [4.69, 9.17) is 0 Å². The minimum absolute atomic E-state index is 1.01. The van der Waals surface area contributed by atoms with Crippen molar-refractivity contribution in [3.05, 3.63) is 65.5 Å². The lowest BCUT2D eigenvalue weighted by Crippen LogP contribution is -1.96. The van der Waals surface area contributed by atoms with Gasteiger partial charge in [-0.1, -0.05) is 100 Å². The number of nitrogens with zero attached hydrogens (tertiary/aromatic N) is 3. The molecule has 1 aromatic heterocycles. The van der Waals surface area contributed by atoms with Gasteiger partial charge < -0.3 is 0 Å². The molecule has 3 nitrogen and oxygen atoms in total. The van der Waals surface area contributed by atoms with E-state index in [9.17, 15) is 0 Å². The maximum Gasteiger partial charge on any atom is 0.0831 e. The molecular formula is C27H35N3. The van der Waals surface area contributed by atoms with Crippen LogP contribution in [0.25, 0.3) is 16.8 Å². The van der Waals surface area contributed by atoms with E-state index < -0.39 is 0 Å². The molecule has 0 N–H and O–H groups in total. The van der Waals surface area contributed by atoms with Gasteiger partial charge in [-0.05, 0) is 53.6 Å². The molecule has 1 heterocycles. The van der Waals surface area contributed by atoms with E-state index in [-0.39, 0.29) is 0 Å². The van der Waals surface area contributed by atoms with Gasteiger partial charge in [-0.25, -0.2) is 4.68 Å². The minimum Gasteiger partial charge on any atom is -0.220 e. The third kappa shape index (κ3) is 5.19. The van der Waals surface area contributed by atoms with Gasteiger partial charge >= 0.3 is 0 Å². The van der Waals surface area contributed by atoms with Crippen LogP contribution in [0.4, 0.5) is 0 Å². The maximum atomic E-state index is 4.41.